The van der Waals surface area contributed by atoms with E-state index < -0.39 is 0 Å². The lowest BCUT2D eigenvalue weighted by molar-refractivity contribution is 0.529. The van der Waals surface area contributed by atoms with E-state index in [0.29, 0.717) is 0 Å². The van der Waals surface area contributed by atoms with Crippen LogP contribution in [0.4, 0.5) is 0 Å². The maximum Gasteiger partial charge on any atom is 0.130 e. The zero-order valence-corrected chi connectivity index (χ0v) is 13.6. The van der Waals surface area contributed by atoms with Crippen molar-refractivity contribution in [1.29, 1.82) is 0 Å². The lowest BCUT2D eigenvalue weighted by Crippen LogP contribution is -2.26. The lowest BCUT2D eigenvalue weighted by Gasteiger charge is -2.20. The zero-order chi connectivity index (χ0) is 15.2. The van der Waals surface area contributed by atoms with Crippen molar-refractivity contribution in [2.24, 2.45) is 0 Å². The number of aromatic nitrogens is 3. The van der Waals surface area contributed by atoms with Gasteiger partial charge in [0.25, 0.3) is 0 Å². The Labute approximate surface area is 127 Å². The van der Waals surface area contributed by atoms with Gasteiger partial charge in [-0.05, 0) is 50.9 Å². The summed E-state index contributed by atoms with van der Waals surface area (Å²) in [5.41, 5.74) is 3.36. The summed E-state index contributed by atoms with van der Waals surface area (Å²) in [7, 11) is 0. The molecule has 0 amide bonds. The summed E-state index contributed by atoms with van der Waals surface area (Å²) in [6.07, 6.45) is 6.18. The molecule has 1 atom stereocenters. The smallest absolute Gasteiger partial charge is 0.130 e. The molecule has 4 nitrogen and oxygen atoms in total. The van der Waals surface area contributed by atoms with Crippen LogP contribution < -0.4 is 5.32 Å². The summed E-state index contributed by atoms with van der Waals surface area (Å²) >= 11 is 0. The minimum absolute atomic E-state index is 0.131. The van der Waals surface area contributed by atoms with Crippen molar-refractivity contribution in [1.82, 2.24) is 19.9 Å². The molecule has 0 saturated heterocycles. The SMILES string of the molecule is CCCNC(c1cc(C)nc(C)c1)c1nccn1CCC. The molecule has 21 heavy (non-hydrogen) atoms. The quantitative estimate of drug-likeness (QED) is 0.848. The predicted octanol–water partition coefficient (Wildman–Crippen LogP) is 3.39. The van der Waals surface area contributed by atoms with Gasteiger partial charge in [0.2, 0.25) is 0 Å². The molecule has 2 aromatic rings. The molecule has 114 valence electrons. The minimum atomic E-state index is 0.131. The Balaban J connectivity index is 2.39. The average molecular weight is 286 g/mol. The number of nitrogens with zero attached hydrogens (tertiary/aromatic N) is 3. The lowest BCUT2D eigenvalue weighted by atomic mass is 10.0. The highest BCUT2D eigenvalue weighted by atomic mass is 15.1. The maximum atomic E-state index is 4.60. The van der Waals surface area contributed by atoms with Gasteiger partial charge in [-0.3, -0.25) is 4.98 Å². The molecule has 0 spiro atoms. The second kappa shape index (κ2) is 7.36. The topological polar surface area (TPSA) is 42.7 Å². The van der Waals surface area contributed by atoms with Crippen molar-refractivity contribution in [2.45, 2.75) is 53.1 Å². The molecule has 0 aliphatic carbocycles. The van der Waals surface area contributed by atoms with Crippen LogP contribution in [0.5, 0.6) is 0 Å². The Morgan fingerprint density at radius 1 is 1.14 bits per heavy atom. The first-order valence-electron chi connectivity index (χ1n) is 7.85. The van der Waals surface area contributed by atoms with Crippen LogP contribution in [0.15, 0.2) is 24.5 Å². The summed E-state index contributed by atoms with van der Waals surface area (Å²) in [6.45, 7) is 10.5. The molecule has 0 saturated carbocycles. The van der Waals surface area contributed by atoms with E-state index in [2.05, 4.69) is 52.0 Å². The third-order valence-corrected chi connectivity index (χ3v) is 3.51. The van der Waals surface area contributed by atoms with Gasteiger partial charge in [-0.2, -0.15) is 0 Å². The molecule has 2 aromatic heterocycles. The number of hydrogen-bond donors (Lipinski definition) is 1. The van der Waals surface area contributed by atoms with Crippen molar-refractivity contribution in [3.05, 3.63) is 47.3 Å². The number of rotatable bonds is 7. The second-order valence-corrected chi connectivity index (χ2v) is 5.55. The molecular weight excluding hydrogens is 260 g/mol. The van der Waals surface area contributed by atoms with Crippen LogP contribution >= 0.6 is 0 Å². The van der Waals surface area contributed by atoms with Crippen LogP contribution in [-0.2, 0) is 6.54 Å². The largest absolute Gasteiger partial charge is 0.333 e. The summed E-state index contributed by atoms with van der Waals surface area (Å²) in [6, 6.07) is 4.45. The van der Waals surface area contributed by atoms with Gasteiger partial charge in [0, 0.05) is 30.3 Å². The fourth-order valence-corrected chi connectivity index (χ4v) is 2.69. The summed E-state index contributed by atoms with van der Waals surface area (Å²) in [4.78, 5) is 9.09. The molecule has 1 N–H and O–H groups in total. The maximum absolute atomic E-state index is 4.60. The fourth-order valence-electron chi connectivity index (χ4n) is 2.69. The van der Waals surface area contributed by atoms with Gasteiger partial charge in [0.1, 0.15) is 5.82 Å². The van der Waals surface area contributed by atoms with E-state index in [1.54, 1.807) is 0 Å². The normalized spacial score (nSPS) is 12.6. The summed E-state index contributed by atoms with van der Waals surface area (Å²) in [5.74, 6) is 1.09. The molecule has 0 aliphatic rings. The van der Waals surface area contributed by atoms with E-state index in [1.165, 1.54) is 5.56 Å². The Bertz CT molecular complexity index is 554. The summed E-state index contributed by atoms with van der Waals surface area (Å²) < 4.78 is 2.25. The average Bonchev–Trinajstić information content (AvgIpc) is 2.87. The zero-order valence-electron chi connectivity index (χ0n) is 13.6. The molecule has 0 radical (unpaired) electrons. The molecule has 0 fully saturated rings. The Morgan fingerprint density at radius 2 is 1.86 bits per heavy atom. The highest BCUT2D eigenvalue weighted by molar-refractivity contribution is 5.28. The Kier molecular flexibility index (Phi) is 5.51. The minimum Gasteiger partial charge on any atom is -0.333 e. The second-order valence-electron chi connectivity index (χ2n) is 5.55. The van der Waals surface area contributed by atoms with E-state index >= 15 is 0 Å². The predicted molar refractivity (Wildman–Crippen MR) is 86.4 cm³/mol. The van der Waals surface area contributed by atoms with Gasteiger partial charge in [0.15, 0.2) is 0 Å². The third kappa shape index (κ3) is 3.91. The number of pyridine rings is 1. The van der Waals surface area contributed by atoms with E-state index in [0.717, 1.165) is 43.1 Å². The molecule has 4 heteroatoms. The number of nitrogens with one attached hydrogen (secondary N) is 1. The Morgan fingerprint density at radius 3 is 2.48 bits per heavy atom. The highest BCUT2D eigenvalue weighted by Gasteiger charge is 2.19. The van der Waals surface area contributed by atoms with Gasteiger partial charge in [-0.25, -0.2) is 4.98 Å². The molecule has 0 aromatic carbocycles. The Hall–Kier alpha value is -1.68. The summed E-state index contributed by atoms with van der Waals surface area (Å²) in [5, 5.41) is 3.63. The monoisotopic (exact) mass is 286 g/mol. The van der Waals surface area contributed by atoms with Gasteiger partial charge in [0.05, 0.1) is 6.04 Å². The van der Waals surface area contributed by atoms with E-state index in [1.807, 2.05) is 20.0 Å². The molecule has 1 unspecified atom stereocenters. The van der Waals surface area contributed by atoms with Crippen molar-refractivity contribution in [3.63, 3.8) is 0 Å². The highest BCUT2D eigenvalue weighted by Crippen LogP contribution is 2.22. The molecule has 0 aliphatic heterocycles. The van der Waals surface area contributed by atoms with E-state index in [9.17, 15) is 0 Å². The first-order valence-corrected chi connectivity index (χ1v) is 7.85. The standard InChI is InChI=1S/C17H26N4/c1-5-7-18-16(15-11-13(3)20-14(4)12-15)17-19-8-10-21(17)9-6-2/h8,10-12,16,18H,5-7,9H2,1-4H3. The van der Waals surface area contributed by atoms with Crippen LogP contribution in [0, 0.1) is 13.8 Å². The van der Waals surface area contributed by atoms with Gasteiger partial charge in [-0.15, -0.1) is 0 Å². The van der Waals surface area contributed by atoms with Crippen LogP contribution in [0.1, 0.15) is 55.5 Å². The third-order valence-electron chi connectivity index (χ3n) is 3.51. The number of imidazole rings is 1. The van der Waals surface area contributed by atoms with Gasteiger partial charge in [-0.1, -0.05) is 13.8 Å². The van der Waals surface area contributed by atoms with Crippen molar-refractivity contribution in [3.8, 4) is 0 Å². The van der Waals surface area contributed by atoms with Crippen LogP contribution in [0.25, 0.3) is 0 Å². The molecule has 0 bridgehead atoms. The first-order chi connectivity index (χ1) is 10.2. The van der Waals surface area contributed by atoms with Crippen LogP contribution in [-0.4, -0.2) is 21.1 Å². The van der Waals surface area contributed by atoms with Crippen LogP contribution in [0.2, 0.25) is 0 Å². The first kappa shape index (κ1) is 15.7. The molecule has 2 rings (SSSR count). The van der Waals surface area contributed by atoms with Crippen molar-refractivity contribution < 1.29 is 0 Å². The fraction of sp³-hybridized carbons (Fsp3) is 0.529. The van der Waals surface area contributed by atoms with Gasteiger partial charge >= 0.3 is 0 Å². The van der Waals surface area contributed by atoms with Crippen LogP contribution in [0.3, 0.4) is 0 Å². The van der Waals surface area contributed by atoms with E-state index in [-0.39, 0.29) is 6.04 Å². The molecular formula is C17H26N4. The van der Waals surface area contributed by atoms with Crippen molar-refractivity contribution >= 4 is 0 Å². The van der Waals surface area contributed by atoms with E-state index in [4.69, 9.17) is 0 Å². The number of hydrogen-bond acceptors (Lipinski definition) is 3. The number of aryl methyl sites for hydroxylation is 3. The van der Waals surface area contributed by atoms with Gasteiger partial charge < -0.3 is 9.88 Å². The van der Waals surface area contributed by atoms with Crippen molar-refractivity contribution in [2.75, 3.05) is 6.54 Å². The molecule has 2 heterocycles.